The molecule has 0 radical (unpaired) electrons. The molecule has 1 unspecified atom stereocenters. The van der Waals surface area contributed by atoms with Crippen LogP contribution in [0.15, 0.2) is 89.8 Å². The lowest BCUT2D eigenvalue weighted by Gasteiger charge is -2.25. The Labute approximate surface area is 142 Å². The zero-order valence-electron chi connectivity index (χ0n) is 13.0. The molecule has 0 fully saturated rings. The number of sulfonamides is 1. The third kappa shape index (κ3) is 2.44. The van der Waals surface area contributed by atoms with Crippen molar-refractivity contribution in [1.82, 2.24) is 4.31 Å². The summed E-state index contributed by atoms with van der Waals surface area (Å²) >= 11 is 0. The number of hydrogen-bond acceptors (Lipinski definition) is 2. The van der Waals surface area contributed by atoms with Gasteiger partial charge in [-0.25, -0.2) is 8.42 Å². The van der Waals surface area contributed by atoms with E-state index in [2.05, 4.69) is 0 Å². The molecule has 0 saturated heterocycles. The van der Waals surface area contributed by atoms with Crippen molar-refractivity contribution in [3.8, 4) is 0 Å². The van der Waals surface area contributed by atoms with Crippen LogP contribution < -0.4 is 0 Å². The molecule has 4 heteroatoms. The largest absolute Gasteiger partial charge is 0.244 e. The minimum Gasteiger partial charge on any atom is -0.207 e. The fourth-order valence-corrected chi connectivity index (χ4v) is 4.89. The van der Waals surface area contributed by atoms with E-state index < -0.39 is 10.0 Å². The first-order valence-corrected chi connectivity index (χ1v) is 9.31. The van der Waals surface area contributed by atoms with Crippen molar-refractivity contribution in [3.05, 3.63) is 102 Å². The highest BCUT2D eigenvalue weighted by Gasteiger charge is 2.39. The van der Waals surface area contributed by atoms with E-state index in [1.807, 2.05) is 60.7 Å². The summed E-state index contributed by atoms with van der Waals surface area (Å²) in [5.74, 6) is 0. The van der Waals surface area contributed by atoms with Crippen molar-refractivity contribution in [1.29, 1.82) is 0 Å². The predicted molar refractivity (Wildman–Crippen MR) is 93.9 cm³/mol. The standard InChI is InChI=1S/C20H17NO2S/c22-24(23,18-12-5-2-6-13-18)21-15-17-11-7-8-14-19(17)20(21)16-9-3-1-4-10-16/h1-14,20H,15H2. The summed E-state index contributed by atoms with van der Waals surface area (Å²) in [5, 5.41) is 0. The highest BCUT2D eigenvalue weighted by Crippen LogP contribution is 2.41. The molecule has 0 aromatic heterocycles. The number of fused-ring (bicyclic) bond motifs is 1. The smallest absolute Gasteiger partial charge is 0.207 e. The molecule has 1 heterocycles. The van der Waals surface area contributed by atoms with Gasteiger partial charge in [-0.2, -0.15) is 4.31 Å². The van der Waals surface area contributed by atoms with Gasteiger partial charge >= 0.3 is 0 Å². The van der Waals surface area contributed by atoms with Gasteiger partial charge in [-0.3, -0.25) is 0 Å². The summed E-state index contributed by atoms with van der Waals surface area (Å²) in [5.41, 5.74) is 3.11. The van der Waals surface area contributed by atoms with Crippen LogP contribution in [0.3, 0.4) is 0 Å². The van der Waals surface area contributed by atoms with E-state index in [9.17, 15) is 8.42 Å². The molecule has 120 valence electrons. The summed E-state index contributed by atoms with van der Waals surface area (Å²) in [6, 6.07) is 26.1. The van der Waals surface area contributed by atoms with Gasteiger partial charge in [0.05, 0.1) is 10.9 Å². The van der Waals surface area contributed by atoms with Crippen molar-refractivity contribution in [2.75, 3.05) is 0 Å². The van der Waals surface area contributed by atoms with Gasteiger partial charge in [0.25, 0.3) is 0 Å². The number of nitrogens with zero attached hydrogens (tertiary/aromatic N) is 1. The fraction of sp³-hybridized carbons (Fsp3) is 0.100. The second-order valence-electron chi connectivity index (χ2n) is 5.88. The molecule has 0 N–H and O–H groups in total. The lowest BCUT2D eigenvalue weighted by Crippen LogP contribution is -2.30. The monoisotopic (exact) mass is 335 g/mol. The van der Waals surface area contributed by atoms with Crippen molar-refractivity contribution in [3.63, 3.8) is 0 Å². The topological polar surface area (TPSA) is 37.4 Å². The maximum Gasteiger partial charge on any atom is 0.244 e. The molecule has 0 saturated carbocycles. The third-order valence-corrected chi connectivity index (χ3v) is 6.25. The Balaban J connectivity index is 1.87. The minimum atomic E-state index is -3.57. The van der Waals surface area contributed by atoms with E-state index in [0.717, 1.165) is 16.7 Å². The first-order chi connectivity index (χ1) is 11.7. The summed E-state index contributed by atoms with van der Waals surface area (Å²) in [6.07, 6.45) is 0. The van der Waals surface area contributed by atoms with Gasteiger partial charge in [0.1, 0.15) is 0 Å². The molecule has 0 amide bonds. The molecule has 1 atom stereocenters. The fourth-order valence-electron chi connectivity index (χ4n) is 3.29. The Bertz CT molecular complexity index is 953. The minimum absolute atomic E-state index is 0.285. The third-order valence-electron chi connectivity index (χ3n) is 4.43. The second-order valence-corrected chi connectivity index (χ2v) is 7.77. The Morgan fingerprint density at radius 1 is 0.750 bits per heavy atom. The first-order valence-electron chi connectivity index (χ1n) is 7.87. The average molecular weight is 335 g/mol. The van der Waals surface area contributed by atoms with Gasteiger partial charge in [-0.05, 0) is 28.8 Å². The van der Waals surface area contributed by atoms with Gasteiger partial charge in [0.2, 0.25) is 10.0 Å². The Morgan fingerprint density at radius 2 is 1.33 bits per heavy atom. The van der Waals surface area contributed by atoms with Crippen LogP contribution in [0.1, 0.15) is 22.7 Å². The quantitative estimate of drug-likeness (QED) is 0.726. The van der Waals surface area contributed by atoms with E-state index in [0.29, 0.717) is 11.4 Å². The maximum absolute atomic E-state index is 13.2. The van der Waals surface area contributed by atoms with E-state index >= 15 is 0 Å². The number of benzene rings is 3. The summed E-state index contributed by atoms with van der Waals surface area (Å²) in [6.45, 7) is 0.396. The zero-order valence-corrected chi connectivity index (χ0v) is 13.9. The molecule has 3 aromatic carbocycles. The van der Waals surface area contributed by atoms with Crippen LogP contribution in [0.5, 0.6) is 0 Å². The average Bonchev–Trinajstić information content (AvgIpc) is 3.03. The van der Waals surface area contributed by atoms with E-state index in [-0.39, 0.29) is 6.04 Å². The van der Waals surface area contributed by atoms with Crippen LogP contribution in [0.4, 0.5) is 0 Å². The van der Waals surface area contributed by atoms with Gasteiger partial charge in [-0.1, -0.05) is 72.8 Å². The van der Waals surface area contributed by atoms with Gasteiger partial charge in [0, 0.05) is 6.54 Å². The highest BCUT2D eigenvalue weighted by atomic mass is 32.2. The predicted octanol–water partition coefficient (Wildman–Crippen LogP) is 3.98. The van der Waals surface area contributed by atoms with Crippen LogP contribution in [-0.2, 0) is 16.6 Å². The summed E-state index contributed by atoms with van der Waals surface area (Å²) in [7, 11) is -3.57. The Morgan fingerprint density at radius 3 is 2.04 bits per heavy atom. The lowest BCUT2D eigenvalue weighted by molar-refractivity contribution is 0.387. The molecule has 0 spiro atoms. The first kappa shape index (κ1) is 15.1. The Kier molecular flexibility index (Phi) is 3.71. The normalized spacial score (nSPS) is 17.6. The Hall–Kier alpha value is -2.43. The van der Waals surface area contributed by atoms with Crippen molar-refractivity contribution >= 4 is 10.0 Å². The van der Waals surface area contributed by atoms with Crippen LogP contribution in [0, 0.1) is 0 Å². The lowest BCUT2D eigenvalue weighted by atomic mass is 9.99. The molecule has 0 aliphatic carbocycles. The van der Waals surface area contributed by atoms with Crippen LogP contribution >= 0.6 is 0 Å². The van der Waals surface area contributed by atoms with E-state index in [4.69, 9.17) is 0 Å². The van der Waals surface area contributed by atoms with Crippen molar-refractivity contribution in [2.24, 2.45) is 0 Å². The highest BCUT2D eigenvalue weighted by molar-refractivity contribution is 7.89. The summed E-state index contributed by atoms with van der Waals surface area (Å²) < 4.78 is 28.0. The molecule has 4 rings (SSSR count). The molecular weight excluding hydrogens is 318 g/mol. The molecule has 3 aromatic rings. The molecule has 1 aliphatic heterocycles. The van der Waals surface area contributed by atoms with E-state index in [1.165, 1.54) is 0 Å². The molecule has 1 aliphatic rings. The molecule has 0 bridgehead atoms. The van der Waals surface area contributed by atoms with Gasteiger partial charge < -0.3 is 0 Å². The van der Waals surface area contributed by atoms with Crippen LogP contribution in [0.25, 0.3) is 0 Å². The zero-order chi connectivity index (χ0) is 16.6. The van der Waals surface area contributed by atoms with Gasteiger partial charge in [-0.15, -0.1) is 0 Å². The van der Waals surface area contributed by atoms with Crippen LogP contribution in [-0.4, -0.2) is 12.7 Å². The molecule has 3 nitrogen and oxygen atoms in total. The number of rotatable bonds is 3. The van der Waals surface area contributed by atoms with Gasteiger partial charge in [0.15, 0.2) is 0 Å². The van der Waals surface area contributed by atoms with E-state index in [1.54, 1.807) is 28.6 Å². The summed E-state index contributed by atoms with van der Waals surface area (Å²) in [4.78, 5) is 0.332. The number of hydrogen-bond donors (Lipinski definition) is 0. The maximum atomic E-state index is 13.2. The molecular formula is C20H17NO2S. The van der Waals surface area contributed by atoms with Crippen molar-refractivity contribution in [2.45, 2.75) is 17.5 Å². The van der Waals surface area contributed by atoms with Crippen LogP contribution in [0.2, 0.25) is 0 Å². The van der Waals surface area contributed by atoms with Crippen molar-refractivity contribution < 1.29 is 8.42 Å². The molecule has 24 heavy (non-hydrogen) atoms. The SMILES string of the molecule is O=S(=O)(c1ccccc1)N1Cc2ccccc2C1c1ccccc1. The second kappa shape index (κ2) is 5.89.